The lowest BCUT2D eigenvalue weighted by Crippen LogP contribution is -2.56. The van der Waals surface area contributed by atoms with Crippen molar-refractivity contribution in [3.8, 4) is 5.75 Å². The number of carbonyl (C=O) groups is 4. The van der Waals surface area contributed by atoms with Crippen LogP contribution in [0.4, 0.5) is 18.0 Å². The SMILES string of the molecule is CC(C)N1C(=O)CCC(N2Cc3ccc(CNC(=O)NCc4cccc(C(F)(F)F)c4O)cc3C2=O)C1=O. The Morgan fingerprint density at radius 1 is 1.11 bits per heavy atom. The summed E-state index contributed by atoms with van der Waals surface area (Å²) in [6.45, 7) is 3.43. The largest absolute Gasteiger partial charge is 0.507 e. The minimum Gasteiger partial charge on any atom is -0.507 e. The fraction of sp³-hybridized carbons (Fsp3) is 0.385. The number of phenolic OH excluding ortho intramolecular Hbond substituents is 1. The van der Waals surface area contributed by atoms with Crippen LogP contribution in [-0.4, -0.2) is 50.7 Å². The number of piperidine rings is 1. The molecule has 2 aromatic rings. The van der Waals surface area contributed by atoms with E-state index in [0.29, 0.717) is 11.1 Å². The molecular formula is C26H27F3N4O5. The van der Waals surface area contributed by atoms with Crippen LogP contribution in [-0.2, 0) is 35.4 Å². The Balaban J connectivity index is 1.36. The number of fused-ring (bicyclic) bond motifs is 1. The normalized spacial score (nSPS) is 17.7. The number of urea groups is 1. The maximum atomic E-state index is 13.1. The van der Waals surface area contributed by atoms with Crippen LogP contribution < -0.4 is 10.6 Å². The number of benzene rings is 2. The van der Waals surface area contributed by atoms with Gasteiger partial charge in [-0.25, -0.2) is 4.79 Å². The Labute approximate surface area is 216 Å². The van der Waals surface area contributed by atoms with E-state index in [1.807, 2.05) is 0 Å². The maximum Gasteiger partial charge on any atom is 0.419 e. The summed E-state index contributed by atoms with van der Waals surface area (Å²) in [6.07, 6.45) is -4.29. The first-order chi connectivity index (χ1) is 17.9. The maximum absolute atomic E-state index is 13.1. The van der Waals surface area contributed by atoms with E-state index in [4.69, 9.17) is 0 Å². The number of amides is 5. The van der Waals surface area contributed by atoms with Crippen LogP contribution in [0.1, 0.15) is 59.3 Å². The van der Waals surface area contributed by atoms with Crippen molar-refractivity contribution < 1.29 is 37.5 Å². The minimum absolute atomic E-state index is 0.0267. The van der Waals surface area contributed by atoms with Gasteiger partial charge in [0, 0.05) is 43.2 Å². The molecule has 1 fully saturated rings. The second kappa shape index (κ2) is 10.3. The zero-order chi connectivity index (χ0) is 27.8. The molecule has 2 heterocycles. The topological polar surface area (TPSA) is 119 Å². The van der Waals surface area contributed by atoms with E-state index < -0.39 is 29.6 Å². The van der Waals surface area contributed by atoms with Crippen molar-refractivity contribution in [3.05, 3.63) is 64.2 Å². The molecule has 0 radical (unpaired) electrons. The number of nitrogens with one attached hydrogen (secondary N) is 2. The van der Waals surface area contributed by atoms with Gasteiger partial charge in [0.15, 0.2) is 0 Å². The molecule has 2 aliphatic rings. The predicted octanol–water partition coefficient (Wildman–Crippen LogP) is 3.29. The van der Waals surface area contributed by atoms with Crippen molar-refractivity contribution in [2.75, 3.05) is 0 Å². The van der Waals surface area contributed by atoms with Crippen LogP contribution in [0, 0.1) is 0 Å². The lowest BCUT2D eigenvalue weighted by atomic mass is 10.0. The number of hydrogen-bond donors (Lipinski definition) is 3. The smallest absolute Gasteiger partial charge is 0.419 e. The number of phenols is 1. The predicted molar refractivity (Wildman–Crippen MR) is 129 cm³/mol. The molecule has 4 rings (SSSR count). The lowest BCUT2D eigenvalue weighted by molar-refractivity contribution is -0.154. The number of aromatic hydroxyl groups is 1. The molecule has 1 unspecified atom stereocenters. The molecule has 1 atom stereocenters. The Morgan fingerprint density at radius 2 is 1.82 bits per heavy atom. The first-order valence-corrected chi connectivity index (χ1v) is 12.1. The Bertz CT molecular complexity index is 1290. The first kappa shape index (κ1) is 27.0. The third-order valence-electron chi connectivity index (χ3n) is 6.64. The van der Waals surface area contributed by atoms with Crippen molar-refractivity contribution in [1.29, 1.82) is 0 Å². The second-order valence-electron chi connectivity index (χ2n) is 9.52. The minimum atomic E-state index is -4.72. The quantitative estimate of drug-likeness (QED) is 0.494. The number of nitrogens with zero attached hydrogens (tertiary/aromatic N) is 2. The highest BCUT2D eigenvalue weighted by Crippen LogP contribution is 2.37. The van der Waals surface area contributed by atoms with E-state index in [0.717, 1.165) is 17.7 Å². The summed E-state index contributed by atoms with van der Waals surface area (Å²) in [5.41, 5.74) is 0.453. The molecule has 38 heavy (non-hydrogen) atoms. The molecule has 12 heteroatoms. The summed E-state index contributed by atoms with van der Waals surface area (Å²) in [4.78, 5) is 53.2. The first-order valence-electron chi connectivity index (χ1n) is 12.1. The van der Waals surface area contributed by atoms with Gasteiger partial charge in [-0.2, -0.15) is 13.2 Å². The molecule has 2 aliphatic heterocycles. The number of imide groups is 1. The molecule has 2 aromatic carbocycles. The van der Waals surface area contributed by atoms with Crippen molar-refractivity contribution in [3.63, 3.8) is 0 Å². The summed E-state index contributed by atoms with van der Waals surface area (Å²) in [5, 5.41) is 14.8. The van der Waals surface area contributed by atoms with Gasteiger partial charge in [0.25, 0.3) is 11.8 Å². The van der Waals surface area contributed by atoms with Gasteiger partial charge < -0.3 is 20.6 Å². The van der Waals surface area contributed by atoms with Crippen LogP contribution in [0.3, 0.4) is 0 Å². The molecule has 0 bridgehead atoms. The molecule has 202 valence electrons. The molecule has 9 nitrogen and oxygen atoms in total. The van der Waals surface area contributed by atoms with Gasteiger partial charge in [0.2, 0.25) is 5.91 Å². The highest BCUT2D eigenvalue weighted by Gasteiger charge is 2.43. The molecule has 0 spiro atoms. The summed E-state index contributed by atoms with van der Waals surface area (Å²) in [7, 11) is 0. The van der Waals surface area contributed by atoms with E-state index in [2.05, 4.69) is 10.6 Å². The number of hydrogen-bond acceptors (Lipinski definition) is 5. The van der Waals surface area contributed by atoms with Crippen molar-refractivity contribution in [2.45, 2.75) is 64.6 Å². The van der Waals surface area contributed by atoms with Gasteiger partial charge in [-0.3, -0.25) is 19.3 Å². The zero-order valence-corrected chi connectivity index (χ0v) is 20.8. The molecule has 0 aromatic heterocycles. The summed E-state index contributed by atoms with van der Waals surface area (Å²) in [6, 6.07) is 6.53. The van der Waals surface area contributed by atoms with Gasteiger partial charge in [-0.1, -0.05) is 24.3 Å². The third-order valence-corrected chi connectivity index (χ3v) is 6.64. The summed E-state index contributed by atoms with van der Waals surface area (Å²) >= 11 is 0. The van der Waals surface area contributed by atoms with Crippen LogP contribution in [0.2, 0.25) is 0 Å². The van der Waals surface area contributed by atoms with E-state index in [-0.39, 0.29) is 61.8 Å². The Morgan fingerprint density at radius 3 is 2.50 bits per heavy atom. The zero-order valence-electron chi connectivity index (χ0n) is 20.8. The summed E-state index contributed by atoms with van der Waals surface area (Å²) < 4.78 is 38.9. The van der Waals surface area contributed by atoms with E-state index >= 15 is 0 Å². The highest BCUT2D eigenvalue weighted by molar-refractivity contribution is 6.05. The Kier molecular flexibility index (Phi) is 7.34. The number of para-hydroxylation sites is 1. The number of rotatable bonds is 6. The van der Waals surface area contributed by atoms with Gasteiger partial charge in [-0.05, 0) is 43.5 Å². The van der Waals surface area contributed by atoms with Gasteiger partial charge >= 0.3 is 12.2 Å². The molecule has 0 saturated carbocycles. The summed E-state index contributed by atoms with van der Waals surface area (Å²) in [5.74, 6) is -1.91. The fourth-order valence-electron chi connectivity index (χ4n) is 4.73. The lowest BCUT2D eigenvalue weighted by Gasteiger charge is -2.37. The fourth-order valence-corrected chi connectivity index (χ4v) is 4.73. The number of alkyl halides is 3. The number of halogens is 3. The van der Waals surface area contributed by atoms with Crippen LogP contribution >= 0.6 is 0 Å². The van der Waals surface area contributed by atoms with Gasteiger partial charge in [-0.15, -0.1) is 0 Å². The van der Waals surface area contributed by atoms with Crippen molar-refractivity contribution in [1.82, 2.24) is 20.4 Å². The van der Waals surface area contributed by atoms with E-state index in [1.54, 1.807) is 32.0 Å². The highest BCUT2D eigenvalue weighted by atomic mass is 19.4. The molecule has 0 aliphatic carbocycles. The standard InChI is InChI=1S/C26H27F3N4O5/c1-14(2)33-21(34)9-8-20(24(33)37)32-13-17-7-6-15(10-18(17)23(32)36)11-30-25(38)31-12-16-4-3-5-19(22(16)35)26(27,28)29/h3-7,10,14,20,35H,8-9,11-13H2,1-2H3,(H2,30,31,38). The molecule has 3 N–H and O–H groups in total. The van der Waals surface area contributed by atoms with Crippen LogP contribution in [0.25, 0.3) is 0 Å². The average molecular weight is 533 g/mol. The van der Waals surface area contributed by atoms with Crippen LogP contribution in [0.15, 0.2) is 36.4 Å². The van der Waals surface area contributed by atoms with E-state index in [9.17, 15) is 37.5 Å². The van der Waals surface area contributed by atoms with Crippen molar-refractivity contribution in [2.24, 2.45) is 0 Å². The molecular weight excluding hydrogens is 505 g/mol. The van der Waals surface area contributed by atoms with E-state index in [1.165, 1.54) is 15.9 Å². The van der Waals surface area contributed by atoms with Crippen LogP contribution in [0.5, 0.6) is 5.75 Å². The second-order valence-corrected chi connectivity index (χ2v) is 9.52. The average Bonchev–Trinajstić information content (AvgIpc) is 3.16. The molecule has 1 saturated heterocycles. The number of likely N-dealkylation sites (tertiary alicyclic amines) is 1. The van der Waals surface area contributed by atoms with Gasteiger partial charge in [0.1, 0.15) is 11.8 Å². The van der Waals surface area contributed by atoms with Crippen molar-refractivity contribution >= 4 is 23.8 Å². The number of carbonyl (C=O) groups excluding carboxylic acids is 4. The molecule has 5 amide bonds. The Hall–Kier alpha value is -4.09. The third kappa shape index (κ3) is 5.29. The van der Waals surface area contributed by atoms with Gasteiger partial charge in [0.05, 0.1) is 5.56 Å². The monoisotopic (exact) mass is 532 g/mol.